The summed E-state index contributed by atoms with van der Waals surface area (Å²) in [6.45, 7) is 1.89. The molecule has 88 valence electrons. The summed E-state index contributed by atoms with van der Waals surface area (Å²) < 4.78 is 6.34. The van der Waals surface area contributed by atoms with Crippen molar-refractivity contribution in [2.45, 2.75) is 13.0 Å². The molecular formula is C13H12INO2. The second-order valence-electron chi connectivity index (χ2n) is 3.72. The van der Waals surface area contributed by atoms with E-state index in [9.17, 15) is 4.79 Å². The first-order valence-electron chi connectivity index (χ1n) is 5.26. The SMILES string of the molecule is CC(NC(=O)c1ccc(I)cc1)c1ccco1. The molecule has 4 heteroatoms. The smallest absolute Gasteiger partial charge is 0.251 e. The Balaban J connectivity index is 2.04. The molecule has 0 spiro atoms. The molecule has 1 aromatic heterocycles. The maximum Gasteiger partial charge on any atom is 0.251 e. The highest BCUT2D eigenvalue weighted by Crippen LogP contribution is 2.13. The number of furan rings is 1. The minimum atomic E-state index is -0.128. The summed E-state index contributed by atoms with van der Waals surface area (Å²) in [5.41, 5.74) is 0.656. The third-order valence-corrected chi connectivity index (χ3v) is 3.14. The first kappa shape index (κ1) is 12.2. The minimum absolute atomic E-state index is 0.0923. The summed E-state index contributed by atoms with van der Waals surface area (Å²) >= 11 is 2.21. The third kappa shape index (κ3) is 3.09. The summed E-state index contributed by atoms with van der Waals surface area (Å²) in [6.07, 6.45) is 1.60. The molecule has 0 fully saturated rings. The van der Waals surface area contributed by atoms with Crippen LogP contribution in [-0.2, 0) is 0 Å². The van der Waals surface area contributed by atoms with Crippen molar-refractivity contribution in [3.05, 3.63) is 57.6 Å². The fourth-order valence-corrected chi connectivity index (χ4v) is 1.85. The zero-order chi connectivity index (χ0) is 12.3. The normalized spacial score (nSPS) is 12.1. The van der Waals surface area contributed by atoms with Crippen LogP contribution >= 0.6 is 22.6 Å². The number of carbonyl (C=O) groups excluding carboxylic acids is 1. The van der Waals surface area contributed by atoms with Crippen LogP contribution in [0.3, 0.4) is 0 Å². The number of amides is 1. The molecule has 0 aliphatic carbocycles. The molecule has 0 saturated carbocycles. The minimum Gasteiger partial charge on any atom is -0.467 e. The van der Waals surface area contributed by atoms with Crippen LogP contribution in [0.15, 0.2) is 47.1 Å². The lowest BCUT2D eigenvalue weighted by Gasteiger charge is -2.11. The average molecular weight is 341 g/mol. The molecular weight excluding hydrogens is 329 g/mol. The number of nitrogens with one attached hydrogen (secondary N) is 1. The van der Waals surface area contributed by atoms with Gasteiger partial charge in [0.2, 0.25) is 0 Å². The van der Waals surface area contributed by atoms with Gasteiger partial charge in [-0.3, -0.25) is 4.79 Å². The summed E-state index contributed by atoms with van der Waals surface area (Å²) in [6, 6.07) is 11.0. The molecule has 2 aromatic rings. The zero-order valence-corrected chi connectivity index (χ0v) is 11.5. The van der Waals surface area contributed by atoms with Gasteiger partial charge in [0.05, 0.1) is 12.3 Å². The maximum atomic E-state index is 11.9. The molecule has 1 atom stereocenters. The largest absolute Gasteiger partial charge is 0.467 e. The molecule has 1 unspecified atom stereocenters. The van der Waals surface area contributed by atoms with Crippen LogP contribution in [0.1, 0.15) is 29.1 Å². The highest BCUT2D eigenvalue weighted by Gasteiger charge is 2.12. The molecule has 0 aliphatic heterocycles. The maximum absolute atomic E-state index is 11.9. The van der Waals surface area contributed by atoms with Crippen molar-refractivity contribution >= 4 is 28.5 Å². The molecule has 17 heavy (non-hydrogen) atoms. The molecule has 1 amide bonds. The van der Waals surface area contributed by atoms with Crippen molar-refractivity contribution in [3.63, 3.8) is 0 Å². The van der Waals surface area contributed by atoms with E-state index in [1.165, 1.54) is 0 Å². The van der Waals surface area contributed by atoms with Gasteiger partial charge in [-0.1, -0.05) is 0 Å². The molecule has 0 radical (unpaired) electrons. The number of hydrogen-bond acceptors (Lipinski definition) is 2. The Kier molecular flexibility index (Phi) is 3.83. The Bertz CT molecular complexity index is 491. The van der Waals surface area contributed by atoms with E-state index in [-0.39, 0.29) is 11.9 Å². The summed E-state index contributed by atoms with van der Waals surface area (Å²) in [7, 11) is 0. The van der Waals surface area contributed by atoms with Gasteiger partial charge in [0, 0.05) is 9.13 Å². The third-order valence-electron chi connectivity index (χ3n) is 2.42. The molecule has 0 saturated heterocycles. The monoisotopic (exact) mass is 341 g/mol. The van der Waals surface area contributed by atoms with E-state index in [4.69, 9.17) is 4.42 Å². The van der Waals surface area contributed by atoms with E-state index < -0.39 is 0 Å². The van der Waals surface area contributed by atoms with Crippen molar-refractivity contribution in [1.29, 1.82) is 0 Å². The van der Waals surface area contributed by atoms with Crippen LogP contribution in [0.4, 0.5) is 0 Å². The Morgan fingerprint density at radius 3 is 2.59 bits per heavy atom. The van der Waals surface area contributed by atoms with Crippen molar-refractivity contribution in [2.24, 2.45) is 0 Å². The fourth-order valence-electron chi connectivity index (χ4n) is 1.49. The second kappa shape index (κ2) is 5.35. The number of hydrogen-bond donors (Lipinski definition) is 1. The Labute approximate surface area is 113 Å². The Morgan fingerprint density at radius 2 is 2.00 bits per heavy atom. The Hall–Kier alpha value is -1.30. The van der Waals surface area contributed by atoms with Crippen LogP contribution in [-0.4, -0.2) is 5.91 Å². The standard InChI is InChI=1S/C13H12INO2/c1-9(12-3-2-8-17-12)15-13(16)10-4-6-11(14)7-5-10/h2-9H,1H3,(H,15,16). The highest BCUT2D eigenvalue weighted by molar-refractivity contribution is 14.1. The molecule has 1 N–H and O–H groups in total. The first-order valence-corrected chi connectivity index (χ1v) is 6.34. The summed E-state index contributed by atoms with van der Waals surface area (Å²) in [5.74, 6) is 0.661. The number of rotatable bonds is 3. The van der Waals surface area contributed by atoms with Crippen LogP contribution in [0, 0.1) is 3.57 Å². The van der Waals surface area contributed by atoms with Crippen LogP contribution < -0.4 is 5.32 Å². The highest BCUT2D eigenvalue weighted by atomic mass is 127. The molecule has 2 rings (SSSR count). The lowest BCUT2D eigenvalue weighted by molar-refractivity contribution is 0.0935. The van der Waals surface area contributed by atoms with Gasteiger partial charge >= 0.3 is 0 Å². The number of carbonyl (C=O) groups is 1. The van der Waals surface area contributed by atoms with Gasteiger partial charge in [-0.05, 0) is 65.9 Å². The lowest BCUT2D eigenvalue weighted by atomic mass is 10.2. The molecule has 1 heterocycles. The zero-order valence-electron chi connectivity index (χ0n) is 9.31. The van der Waals surface area contributed by atoms with E-state index >= 15 is 0 Å². The Morgan fingerprint density at radius 1 is 1.29 bits per heavy atom. The van der Waals surface area contributed by atoms with Gasteiger partial charge < -0.3 is 9.73 Å². The van der Waals surface area contributed by atoms with E-state index in [2.05, 4.69) is 27.9 Å². The lowest BCUT2D eigenvalue weighted by Crippen LogP contribution is -2.26. The van der Waals surface area contributed by atoms with Crippen molar-refractivity contribution in [2.75, 3.05) is 0 Å². The van der Waals surface area contributed by atoms with Crippen molar-refractivity contribution < 1.29 is 9.21 Å². The van der Waals surface area contributed by atoms with Gasteiger partial charge in [-0.25, -0.2) is 0 Å². The summed E-state index contributed by atoms with van der Waals surface area (Å²) in [4.78, 5) is 11.9. The van der Waals surface area contributed by atoms with Gasteiger partial charge in [0.15, 0.2) is 0 Å². The van der Waals surface area contributed by atoms with Gasteiger partial charge in [0.1, 0.15) is 5.76 Å². The first-order chi connectivity index (χ1) is 8.16. The second-order valence-corrected chi connectivity index (χ2v) is 4.96. The van der Waals surface area contributed by atoms with E-state index in [1.807, 2.05) is 43.3 Å². The molecule has 0 aliphatic rings. The van der Waals surface area contributed by atoms with Gasteiger partial charge in [-0.2, -0.15) is 0 Å². The topological polar surface area (TPSA) is 42.2 Å². The van der Waals surface area contributed by atoms with Gasteiger partial charge in [-0.15, -0.1) is 0 Å². The molecule has 1 aromatic carbocycles. The average Bonchev–Trinajstić information content (AvgIpc) is 2.83. The van der Waals surface area contributed by atoms with Crippen LogP contribution in [0.5, 0.6) is 0 Å². The molecule has 0 bridgehead atoms. The summed E-state index contributed by atoms with van der Waals surface area (Å²) in [5, 5.41) is 2.88. The van der Waals surface area contributed by atoms with E-state index in [1.54, 1.807) is 6.26 Å². The number of benzene rings is 1. The van der Waals surface area contributed by atoms with Crippen molar-refractivity contribution in [3.8, 4) is 0 Å². The van der Waals surface area contributed by atoms with E-state index in [0.29, 0.717) is 5.56 Å². The molecule has 3 nitrogen and oxygen atoms in total. The fraction of sp³-hybridized carbons (Fsp3) is 0.154. The number of halogens is 1. The quantitative estimate of drug-likeness (QED) is 0.870. The predicted molar refractivity (Wildman–Crippen MR) is 73.7 cm³/mol. The van der Waals surface area contributed by atoms with Gasteiger partial charge in [0.25, 0.3) is 5.91 Å². The van der Waals surface area contributed by atoms with E-state index in [0.717, 1.165) is 9.33 Å². The van der Waals surface area contributed by atoms with Crippen molar-refractivity contribution in [1.82, 2.24) is 5.32 Å². The van der Waals surface area contributed by atoms with Crippen LogP contribution in [0.25, 0.3) is 0 Å². The van der Waals surface area contributed by atoms with Crippen LogP contribution in [0.2, 0.25) is 0 Å². The predicted octanol–water partition coefficient (Wildman–Crippen LogP) is 3.38.